The minimum Gasteiger partial charge on any atom is -0.508 e. The highest BCUT2D eigenvalue weighted by Gasteiger charge is 2.72. The topological polar surface area (TPSA) is 40.5 Å². The summed E-state index contributed by atoms with van der Waals surface area (Å²) in [4.78, 5) is 0. The van der Waals surface area contributed by atoms with Gasteiger partial charge in [-0.2, -0.15) is 26.3 Å². The SMILES string of the molecule is CC.Oc1ccc(C(c2ccc(O)cc2)(C(F)(F)F)C(F)(F)F)cc1. The van der Waals surface area contributed by atoms with Gasteiger partial charge in [-0.25, -0.2) is 0 Å². The first-order valence-corrected chi connectivity index (χ1v) is 7.22. The quantitative estimate of drug-likeness (QED) is 0.686. The normalized spacial score (nSPS) is 12.3. The Balaban J connectivity index is 0.00000151. The lowest BCUT2D eigenvalue weighted by atomic mass is 9.73. The van der Waals surface area contributed by atoms with Crippen molar-refractivity contribution in [2.24, 2.45) is 0 Å². The van der Waals surface area contributed by atoms with Crippen molar-refractivity contribution in [1.82, 2.24) is 0 Å². The molecule has 0 aromatic heterocycles. The molecular weight excluding hydrogens is 350 g/mol. The summed E-state index contributed by atoms with van der Waals surface area (Å²) < 4.78 is 81.6. The predicted molar refractivity (Wildman–Crippen MR) is 80.5 cm³/mol. The van der Waals surface area contributed by atoms with Crippen LogP contribution in [0.1, 0.15) is 25.0 Å². The monoisotopic (exact) mass is 366 g/mol. The van der Waals surface area contributed by atoms with Crippen LogP contribution in [0.15, 0.2) is 48.5 Å². The molecule has 0 saturated heterocycles. The lowest BCUT2D eigenvalue weighted by Crippen LogP contribution is -2.54. The zero-order chi connectivity index (χ0) is 19.5. The number of phenolic OH excluding ortho intramolecular Hbond substituents is 2. The molecule has 0 aliphatic rings. The predicted octanol–water partition coefficient (Wildman–Crippen LogP) is 5.53. The van der Waals surface area contributed by atoms with Crippen LogP contribution in [0.3, 0.4) is 0 Å². The van der Waals surface area contributed by atoms with E-state index in [0.29, 0.717) is 24.3 Å². The average Bonchev–Trinajstić information content (AvgIpc) is 2.51. The first kappa shape index (κ1) is 20.7. The van der Waals surface area contributed by atoms with Crippen LogP contribution in [-0.4, -0.2) is 22.6 Å². The number of phenols is 2. The third kappa shape index (κ3) is 3.67. The van der Waals surface area contributed by atoms with E-state index in [1.165, 1.54) is 0 Å². The molecule has 0 spiro atoms. The summed E-state index contributed by atoms with van der Waals surface area (Å²) in [5.74, 6) is -0.921. The first-order valence-electron chi connectivity index (χ1n) is 7.22. The molecule has 0 aliphatic heterocycles. The van der Waals surface area contributed by atoms with Gasteiger partial charge in [0.2, 0.25) is 5.41 Å². The maximum absolute atomic E-state index is 13.6. The smallest absolute Gasteiger partial charge is 0.411 e. The van der Waals surface area contributed by atoms with E-state index in [9.17, 15) is 26.3 Å². The van der Waals surface area contributed by atoms with E-state index in [1.807, 2.05) is 13.8 Å². The van der Waals surface area contributed by atoms with E-state index in [0.717, 1.165) is 24.3 Å². The Morgan fingerprint density at radius 3 is 1.00 bits per heavy atom. The van der Waals surface area contributed by atoms with Crippen molar-refractivity contribution in [1.29, 1.82) is 0 Å². The zero-order valence-corrected chi connectivity index (χ0v) is 13.3. The molecule has 2 aromatic carbocycles. The molecule has 2 nitrogen and oxygen atoms in total. The van der Waals surface area contributed by atoms with Crippen LogP contribution >= 0.6 is 0 Å². The van der Waals surface area contributed by atoms with Crippen LogP contribution < -0.4 is 0 Å². The van der Waals surface area contributed by atoms with E-state index >= 15 is 0 Å². The van der Waals surface area contributed by atoms with Crippen LogP contribution in [0.4, 0.5) is 26.3 Å². The molecule has 0 heterocycles. The molecule has 0 amide bonds. The van der Waals surface area contributed by atoms with Crippen molar-refractivity contribution in [3.63, 3.8) is 0 Å². The Bertz CT molecular complexity index is 611. The average molecular weight is 366 g/mol. The summed E-state index contributed by atoms with van der Waals surface area (Å²) in [6, 6.07) is 5.30. The Kier molecular flexibility index (Phi) is 5.99. The Morgan fingerprint density at radius 1 is 0.560 bits per heavy atom. The van der Waals surface area contributed by atoms with Gasteiger partial charge in [0.1, 0.15) is 11.5 Å². The minimum atomic E-state index is -5.70. The number of alkyl halides is 6. The molecule has 0 radical (unpaired) electrons. The van der Waals surface area contributed by atoms with Crippen molar-refractivity contribution in [3.8, 4) is 11.5 Å². The molecular formula is C17H16F6O2. The maximum Gasteiger partial charge on any atom is 0.411 e. The number of hydrogen-bond acceptors (Lipinski definition) is 2. The fraction of sp³-hybridized carbons (Fsp3) is 0.294. The van der Waals surface area contributed by atoms with Gasteiger partial charge in [0.25, 0.3) is 0 Å². The maximum atomic E-state index is 13.6. The number of halogens is 6. The van der Waals surface area contributed by atoms with Gasteiger partial charge >= 0.3 is 12.4 Å². The van der Waals surface area contributed by atoms with Gasteiger partial charge in [-0.05, 0) is 35.4 Å². The molecule has 0 unspecified atom stereocenters. The van der Waals surface area contributed by atoms with Crippen LogP contribution in [-0.2, 0) is 5.41 Å². The summed E-state index contributed by atoms with van der Waals surface area (Å²) in [6.07, 6.45) is -11.4. The van der Waals surface area contributed by atoms with Gasteiger partial charge in [0.05, 0.1) is 0 Å². The van der Waals surface area contributed by atoms with Gasteiger partial charge in [0, 0.05) is 0 Å². The van der Waals surface area contributed by atoms with Crippen molar-refractivity contribution in [3.05, 3.63) is 59.7 Å². The summed E-state index contributed by atoms with van der Waals surface area (Å²) in [5.41, 5.74) is -6.44. The number of aromatic hydroxyl groups is 2. The molecule has 25 heavy (non-hydrogen) atoms. The molecule has 2 rings (SSSR count). The second-order valence-corrected chi connectivity index (χ2v) is 4.84. The van der Waals surface area contributed by atoms with Gasteiger partial charge < -0.3 is 10.2 Å². The molecule has 138 valence electrons. The van der Waals surface area contributed by atoms with Gasteiger partial charge in [-0.15, -0.1) is 0 Å². The van der Waals surface area contributed by atoms with E-state index in [1.54, 1.807) is 0 Å². The standard InChI is InChI=1S/C15H10F6O2.C2H6/c16-14(17,18)13(15(19,20)21,9-1-5-11(22)6-2-9)10-3-7-12(23)8-4-10;1-2/h1-8,22-23H;1-2H3. The number of benzene rings is 2. The first-order chi connectivity index (χ1) is 11.5. The van der Waals surface area contributed by atoms with Crippen LogP contribution in [0.25, 0.3) is 0 Å². The summed E-state index contributed by atoms with van der Waals surface area (Å²) >= 11 is 0. The van der Waals surface area contributed by atoms with Crippen molar-refractivity contribution in [2.75, 3.05) is 0 Å². The lowest BCUT2D eigenvalue weighted by molar-refractivity contribution is -0.288. The summed E-state index contributed by atoms with van der Waals surface area (Å²) in [6.45, 7) is 4.00. The van der Waals surface area contributed by atoms with Crippen LogP contribution in [0.5, 0.6) is 11.5 Å². The van der Waals surface area contributed by atoms with Crippen LogP contribution in [0, 0.1) is 0 Å². The van der Waals surface area contributed by atoms with Gasteiger partial charge in [-0.1, -0.05) is 38.1 Å². The van der Waals surface area contributed by atoms with Gasteiger partial charge in [-0.3, -0.25) is 0 Å². The van der Waals surface area contributed by atoms with E-state index in [2.05, 4.69) is 0 Å². The van der Waals surface area contributed by atoms with Gasteiger partial charge in [0.15, 0.2) is 0 Å². The largest absolute Gasteiger partial charge is 0.508 e. The minimum absolute atomic E-state index is 0.460. The fourth-order valence-corrected chi connectivity index (χ4v) is 2.40. The van der Waals surface area contributed by atoms with Crippen molar-refractivity contribution < 1.29 is 36.6 Å². The fourth-order valence-electron chi connectivity index (χ4n) is 2.40. The highest BCUT2D eigenvalue weighted by molar-refractivity contribution is 5.46. The molecule has 2 N–H and O–H groups in total. The third-order valence-electron chi connectivity index (χ3n) is 3.45. The number of hydrogen-bond donors (Lipinski definition) is 2. The molecule has 0 bridgehead atoms. The molecule has 0 saturated carbocycles. The van der Waals surface area contributed by atoms with E-state index in [-0.39, 0.29) is 0 Å². The highest BCUT2D eigenvalue weighted by atomic mass is 19.4. The molecule has 8 heteroatoms. The van der Waals surface area contributed by atoms with E-state index in [4.69, 9.17) is 10.2 Å². The Hall–Kier alpha value is -2.38. The molecule has 2 aromatic rings. The third-order valence-corrected chi connectivity index (χ3v) is 3.45. The Labute approximate surface area is 140 Å². The van der Waals surface area contributed by atoms with Crippen molar-refractivity contribution in [2.45, 2.75) is 31.6 Å². The van der Waals surface area contributed by atoms with Crippen LogP contribution in [0.2, 0.25) is 0 Å². The summed E-state index contributed by atoms with van der Waals surface area (Å²) in [7, 11) is 0. The van der Waals surface area contributed by atoms with E-state index < -0.39 is 40.4 Å². The lowest BCUT2D eigenvalue weighted by Gasteiger charge is -2.38. The Morgan fingerprint density at radius 2 is 0.800 bits per heavy atom. The second-order valence-electron chi connectivity index (χ2n) is 4.84. The molecule has 0 fully saturated rings. The highest BCUT2D eigenvalue weighted by Crippen LogP contribution is 2.56. The molecule has 0 aliphatic carbocycles. The number of rotatable bonds is 2. The molecule has 0 atom stereocenters. The second kappa shape index (κ2) is 7.25. The zero-order valence-electron chi connectivity index (χ0n) is 13.3. The van der Waals surface area contributed by atoms with Crippen molar-refractivity contribution >= 4 is 0 Å². The summed E-state index contributed by atoms with van der Waals surface area (Å²) in [5, 5.41) is 18.3.